The fraction of sp³-hybridized carbons (Fsp3) is 0.577. The molecule has 2 N–H and O–H groups in total. The molecule has 2 aliphatic heterocycles. The number of carbonyl (C=O) groups excluding carboxylic acids is 3. The lowest BCUT2D eigenvalue weighted by Gasteiger charge is -2.25. The Morgan fingerprint density at radius 3 is 2.60 bits per heavy atom. The second-order valence-corrected chi connectivity index (χ2v) is 9.02. The van der Waals surface area contributed by atoms with Gasteiger partial charge in [-0.2, -0.15) is 0 Å². The number of nitrogens with zero attached hydrogens (tertiary/aromatic N) is 1. The van der Waals surface area contributed by atoms with Gasteiger partial charge >= 0.3 is 18.0 Å². The lowest BCUT2D eigenvalue weighted by atomic mass is 9.93. The van der Waals surface area contributed by atoms with Crippen LogP contribution < -0.4 is 15.4 Å². The van der Waals surface area contributed by atoms with Crippen LogP contribution in [0.15, 0.2) is 11.6 Å². The number of rotatable bonds is 10. The Morgan fingerprint density at radius 2 is 1.91 bits per heavy atom. The summed E-state index contributed by atoms with van der Waals surface area (Å²) in [6.45, 7) is 7.36. The van der Waals surface area contributed by atoms with Gasteiger partial charge in [-0.1, -0.05) is 18.1 Å². The van der Waals surface area contributed by atoms with Gasteiger partial charge in [0.1, 0.15) is 19.0 Å². The molecule has 0 atom stereocenters. The van der Waals surface area contributed by atoms with Crippen molar-refractivity contribution in [2.45, 2.75) is 59.0 Å². The van der Waals surface area contributed by atoms with Crippen molar-refractivity contribution in [1.29, 1.82) is 0 Å². The molecule has 9 nitrogen and oxygen atoms in total. The van der Waals surface area contributed by atoms with E-state index >= 15 is 0 Å². The van der Waals surface area contributed by atoms with Crippen molar-refractivity contribution < 1.29 is 28.6 Å². The molecule has 1 aromatic carbocycles. The van der Waals surface area contributed by atoms with E-state index in [2.05, 4.69) is 15.5 Å². The number of cyclic esters (lactones) is 1. The summed E-state index contributed by atoms with van der Waals surface area (Å²) in [6, 6.07) is -0.438. The molecule has 1 aromatic rings. The molecular weight excluding hydrogens is 450 g/mol. The molecule has 35 heavy (non-hydrogen) atoms. The van der Waals surface area contributed by atoms with Crippen molar-refractivity contribution in [1.82, 2.24) is 10.2 Å². The third-order valence-corrected chi connectivity index (χ3v) is 6.64. The molecule has 0 spiro atoms. The number of piperidine rings is 1. The summed E-state index contributed by atoms with van der Waals surface area (Å²) in [5.74, 6) is -0.0635. The number of esters is 2. The predicted molar refractivity (Wildman–Crippen MR) is 133 cm³/mol. The average molecular weight is 488 g/mol. The van der Waals surface area contributed by atoms with Gasteiger partial charge < -0.3 is 24.8 Å². The van der Waals surface area contributed by atoms with Gasteiger partial charge in [-0.15, -0.1) is 0 Å². The minimum absolute atomic E-state index is 0.147. The number of likely N-dealkylation sites (tertiary alicyclic amines) is 1. The number of urea groups is 1. The third-order valence-electron chi connectivity index (χ3n) is 6.64. The lowest BCUT2D eigenvalue weighted by molar-refractivity contribution is -0.144. The van der Waals surface area contributed by atoms with Crippen LogP contribution in [0.5, 0.6) is 5.75 Å². The molecule has 1 fully saturated rings. The molecule has 3 rings (SSSR count). The van der Waals surface area contributed by atoms with Crippen LogP contribution >= 0.6 is 0 Å². The van der Waals surface area contributed by atoms with Crippen molar-refractivity contribution >= 4 is 23.7 Å². The summed E-state index contributed by atoms with van der Waals surface area (Å²) < 4.78 is 16.3. The second-order valence-electron chi connectivity index (χ2n) is 9.02. The maximum atomic E-state index is 12.5. The topological polar surface area (TPSA) is 106 Å². The van der Waals surface area contributed by atoms with Gasteiger partial charge in [0.2, 0.25) is 0 Å². The maximum absolute atomic E-state index is 12.5. The first-order valence-electron chi connectivity index (χ1n) is 12.3. The molecule has 0 radical (unpaired) electrons. The number of carbonyl (C=O) groups is 3. The Kier molecular flexibility index (Phi) is 9.54. The molecule has 0 saturated carbocycles. The van der Waals surface area contributed by atoms with Crippen LogP contribution in [0.3, 0.4) is 0 Å². The fourth-order valence-corrected chi connectivity index (χ4v) is 4.59. The van der Waals surface area contributed by atoms with Crippen LogP contribution in [0.4, 0.5) is 10.5 Å². The van der Waals surface area contributed by atoms with Crippen LogP contribution in [0.2, 0.25) is 0 Å². The van der Waals surface area contributed by atoms with Crippen molar-refractivity contribution in [3.05, 3.63) is 33.9 Å². The number of fused-ring (bicyclic) bond motifs is 1. The fourth-order valence-electron chi connectivity index (χ4n) is 4.59. The summed E-state index contributed by atoms with van der Waals surface area (Å²) >= 11 is 0. The SMILES string of the molecule is CNC(=O)Nc1c(CC=C(C)CCC(=O)OCCN2CCCCC2)c(OC)c(C)c2c1C(=O)OC2. The van der Waals surface area contributed by atoms with Crippen LogP contribution in [-0.2, 0) is 27.3 Å². The van der Waals surface area contributed by atoms with Crippen LogP contribution in [0.1, 0.15) is 66.1 Å². The molecule has 2 aliphatic rings. The highest BCUT2D eigenvalue weighted by Gasteiger charge is 2.32. The Balaban J connectivity index is 1.66. The molecule has 2 heterocycles. The van der Waals surface area contributed by atoms with E-state index in [9.17, 15) is 14.4 Å². The zero-order valence-electron chi connectivity index (χ0n) is 21.3. The van der Waals surface area contributed by atoms with E-state index in [1.807, 2.05) is 19.9 Å². The molecule has 2 amide bonds. The highest BCUT2D eigenvalue weighted by molar-refractivity contribution is 6.05. The first-order chi connectivity index (χ1) is 16.8. The number of benzene rings is 1. The monoisotopic (exact) mass is 487 g/mol. The summed E-state index contributed by atoms with van der Waals surface area (Å²) in [6.07, 6.45) is 6.99. The van der Waals surface area contributed by atoms with E-state index in [0.29, 0.717) is 48.4 Å². The molecule has 0 aromatic heterocycles. The van der Waals surface area contributed by atoms with Crippen LogP contribution in [0, 0.1) is 6.92 Å². The largest absolute Gasteiger partial charge is 0.496 e. The number of hydrogen-bond donors (Lipinski definition) is 2. The van der Waals surface area contributed by atoms with Gasteiger partial charge in [0.05, 0.1) is 18.4 Å². The molecule has 0 bridgehead atoms. The number of amides is 2. The Morgan fingerprint density at radius 1 is 1.17 bits per heavy atom. The lowest BCUT2D eigenvalue weighted by Crippen LogP contribution is -2.33. The van der Waals surface area contributed by atoms with Gasteiger partial charge in [0.15, 0.2) is 0 Å². The first-order valence-corrected chi connectivity index (χ1v) is 12.3. The number of methoxy groups -OCH3 is 1. The van der Waals surface area contributed by atoms with Gasteiger partial charge in [-0.05, 0) is 58.2 Å². The first kappa shape index (κ1) is 26.5. The zero-order chi connectivity index (χ0) is 25.4. The van der Waals surface area contributed by atoms with Crippen molar-refractivity contribution in [3.63, 3.8) is 0 Å². The van der Waals surface area contributed by atoms with Gasteiger partial charge in [0, 0.05) is 31.1 Å². The van der Waals surface area contributed by atoms with Crippen molar-refractivity contribution in [3.8, 4) is 5.75 Å². The quantitative estimate of drug-likeness (QED) is 0.383. The molecule has 192 valence electrons. The highest BCUT2D eigenvalue weighted by Crippen LogP contribution is 2.41. The summed E-state index contributed by atoms with van der Waals surface area (Å²) in [7, 11) is 3.07. The smallest absolute Gasteiger partial charge is 0.341 e. The molecular formula is C26H37N3O6. The standard InChI is InChI=1S/C26H37N3O6/c1-17(9-11-21(30)34-15-14-29-12-6-5-7-13-29)8-10-19-23(28-26(32)27-3)22-20(16-35-25(22)31)18(2)24(19)33-4/h8H,5-7,9-16H2,1-4H3,(H2,27,28,32). The Labute approximate surface area is 207 Å². The molecule has 0 aliphatic carbocycles. The number of ether oxygens (including phenoxy) is 3. The number of hydrogen-bond acceptors (Lipinski definition) is 7. The van der Waals surface area contributed by atoms with Crippen molar-refractivity contribution in [2.75, 3.05) is 45.7 Å². The highest BCUT2D eigenvalue weighted by atomic mass is 16.5. The number of allylic oxidation sites excluding steroid dienone is 2. The minimum Gasteiger partial charge on any atom is -0.496 e. The maximum Gasteiger partial charge on any atom is 0.341 e. The van der Waals surface area contributed by atoms with E-state index in [4.69, 9.17) is 14.2 Å². The summed E-state index contributed by atoms with van der Waals surface area (Å²) in [5.41, 5.74) is 3.99. The average Bonchev–Trinajstić information content (AvgIpc) is 3.25. The third kappa shape index (κ3) is 6.75. The summed E-state index contributed by atoms with van der Waals surface area (Å²) in [4.78, 5) is 39.1. The van der Waals surface area contributed by atoms with Crippen molar-refractivity contribution in [2.24, 2.45) is 0 Å². The predicted octanol–water partition coefficient (Wildman–Crippen LogP) is 3.72. The van der Waals surface area contributed by atoms with Gasteiger partial charge in [-0.25, -0.2) is 9.59 Å². The molecule has 0 unspecified atom stereocenters. The van der Waals surface area contributed by atoms with E-state index in [-0.39, 0.29) is 12.6 Å². The Hall–Kier alpha value is -3.07. The number of nitrogens with one attached hydrogen (secondary N) is 2. The molecule has 1 saturated heterocycles. The van der Waals surface area contributed by atoms with E-state index in [1.54, 1.807) is 7.11 Å². The Bertz CT molecular complexity index is 982. The molecule has 9 heteroatoms. The second kappa shape index (κ2) is 12.6. The summed E-state index contributed by atoms with van der Waals surface area (Å²) in [5, 5.41) is 5.30. The normalized spacial score (nSPS) is 15.9. The zero-order valence-corrected chi connectivity index (χ0v) is 21.3. The van der Waals surface area contributed by atoms with Crippen LogP contribution in [-0.4, -0.2) is 63.3 Å². The van der Waals surface area contributed by atoms with Gasteiger partial charge in [0.25, 0.3) is 0 Å². The van der Waals surface area contributed by atoms with Crippen LogP contribution in [0.25, 0.3) is 0 Å². The van der Waals surface area contributed by atoms with E-state index in [0.717, 1.165) is 36.3 Å². The van der Waals surface area contributed by atoms with E-state index in [1.165, 1.54) is 26.3 Å². The van der Waals surface area contributed by atoms with Gasteiger partial charge in [-0.3, -0.25) is 9.69 Å². The minimum atomic E-state index is -0.466. The van der Waals surface area contributed by atoms with E-state index < -0.39 is 12.0 Å². The number of anilines is 1.